The standard InChI is InChI=1S/C25H27ClN4O3/c26-22-3-1-2-19(14-22)6-7-29-25(31)18-33-24-5-4-20(23-16-27-8-9-28-23)15-21(24)17-30-10-12-32-13-11-30/h1-5,8-9,14-16H,6-7,10-13,17-18H2,(H,29,31). The van der Waals surface area contributed by atoms with E-state index in [0.717, 1.165) is 48.7 Å². The molecule has 4 rings (SSSR count). The average Bonchev–Trinajstić information content (AvgIpc) is 2.84. The maximum atomic E-state index is 12.4. The van der Waals surface area contributed by atoms with Crippen molar-refractivity contribution in [2.75, 3.05) is 39.5 Å². The first kappa shape index (κ1) is 23.2. The first-order chi connectivity index (χ1) is 16.2. The van der Waals surface area contributed by atoms with E-state index in [2.05, 4.69) is 26.3 Å². The molecule has 3 aromatic rings. The number of ether oxygens (including phenoxy) is 2. The second kappa shape index (κ2) is 11.7. The number of nitrogens with zero attached hydrogens (tertiary/aromatic N) is 3. The van der Waals surface area contributed by atoms with Gasteiger partial charge in [-0.05, 0) is 42.3 Å². The van der Waals surface area contributed by atoms with Gasteiger partial charge in [-0.25, -0.2) is 0 Å². The molecular formula is C25H27ClN4O3. The molecule has 8 heteroatoms. The van der Waals surface area contributed by atoms with Crippen LogP contribution in [0.25, 0.3) is 11.3 Å². The van der Waals surface area contributed by atoms with E-state index in [-0.39, 0.29) is 12.5 Å². The Hall–Kier alpha value is -3.00. The Kier molecular flexibility index (Phi) is 8.24. The van der Waals surface area contributed by atoms with E-state index in [1.807, 2.05) is 36.4 Å². The molecule has 33 heavy (non-hydrogen) atoms. The summed E-state index contributed by atoms with van der Waals surface area (Å²) in [5.41, 5.74) is 3.85. The molecule has 0 saturated carbocycles. The van der Waals surface area contributed by atoms with Crippen LogP contribution in [0.15, 0.2) is 61.1 Å². The van der Waals surface area contributed by atoms with Gasteiger partial charge in [0.1, 0.15) is 5.75 Å². The number of hydrogen-bond donors (Lipinski definition) is 1. The molecule has 0 radical (unpaired) electrons. The minimum absolute atomic E-state index is 0.0455. The van der Waals surface area contributed by atoms with Gasteiger partial charge in [-0.1, -0.05) is 23.7 Å². The smallest absolute Gasteiger partial charge is 0.257 e. The third kappa shape index (κ3) is 6.99. The highest BCUT2D eigenvalue weighted by atomic mass is 35.5. The van der Waals surface area contributed by atoms with Crippen molar-refractivity contribution >= 4 is 17.5 Å². The summed E-state index contributed by atoms with van der Waals surface area (Å²) < 4.78 is 11.4. The van der Waals surface area contributed by atoms with E-state index in [1.54, 1.807) is 18.6 Å². The van der Waals surface area contributed by atoms with Gasteiger partial charge in [0.05, 0.1) is 25.1 Å². The molecule has 1 fully saturated rings. The predicted molar refractivity (Wildman–Crippen MR) is 127 cm³/mol. The van der Waals surface area contributed by atoms with E-state index in [1.165, 1.54) is 0 Å². The number of aromatic nitrogens is 2. The average molecular weight is 467 g/mol. The molecule has 2 heterocycles. The molecule has 1 N–H and O–H groups in total. The van der Waals surface area contributed by atoms with Crippen molar-refractivity contribution in [2.24, 2.45) is 0 Å². The van der Waals surface area contributed by atoms with Crippen LogP contribution < -0.4 is 10.1 Å². The fourth-order valence-electron chi connectivity index (χ4n) is 3.68. The number of benzene rings is 2. The lowest BCUT2D eigenvalue weighted by atomic mass is 10.1. The first-order valence-corrected chi connectivity index (χ1v) is 11.4. The molecule has 0 aliphatic carbocycles. The monoisotopic (exact) mass is 466 g/mol. The second-order valence-corrected chi connectivity index (χ2v) is 8.26. The van der Waals surface area contributed by atoms with Gasteiger partial charge >= 0.3 is 0 Å². The summed E-state index contributed by atoms with van der Waals surface area (Å²) in [5, 5.41) is 3.60. The number of carbonyl (C=O) groups is 1. The van der Waals surface area contributed by atoms with Crippen LogP contribution in [-0.2, 0) is 22.5 Å². The van der Waals surface area contributed by atoms with Crippen LogP contribution in [0.4, 0.5) is 0 Å². The highest BCUT2D eigenvalue weighted by molar-refractivity contribution is 6.30. The van der Waals surface area contributed by atoms with Crippen LogP contribution in [0.5, 0.6) is 5.75 Å². The minimum atomic E-state index is -0.160. The Morgan fingerprint density at radius 3 is 2.82 bits per heavy atom. The summed E-state index contributed by atoms with van der Waals surface area (Å²) in [6.07, 6.45) is 5.78. The lowest BCUT2D eigenvalue weighted by Crippen LogP contribution is -2.36. The molecule has 7 nitrogen and oxygen atoms in total. The predicted octanol–water partition coefficient (Wildman–Crippen LogP) is 3.37. The van der Waals surface area contributed by atoms with Gasteiger partial charge in [-0.3, -0.25) is 19.7 Å². The maximum Gasteiger partial charge on any atom is 0.257 e. The van der Waals surface area contributed by atoms with Gasteiger partial charge in [0.25, 0.3) is 5.91 Å². The van der Waals surface area contributed by atoms with Crippen LogP contribution in [0, 0.1) is 0 Å². The molecule has 172 valence electrons. The van der Waals surface area contributed by atoms with Crippen molar-refractivity contribution in [3.05, 3.63) is 77.2 Å². The zero-order chi connectivity index (χ0) is 22.9. The van der Waals surface area contributed by atoms with E-state index in [9.17, 15) is 4.79 Å². The van der Waals surface area contributed by atoms with Gasteiger partial charge in [0.15, 0.2) is 6.61 Å². The van der Waals surface area contributed by atoms with Crippen LogP contribution in [0.2, 0.25) is 5.02 Å². The largest absolute Gasteiger partial charge is 0.483 e. The fourth-order valence-corrected chi connectivity index (χ4v) is 3.90. The van der Waals surface area contributed by atoms with Gasteiger partial charge in [0, 0.05) is 54.7 Å². The summed E-state index contributed by atoms with van der Waals surface area (Å²) in [4.78, 5) is 23.2. The molecule has 1 aliphatic heterocycles. The topological polar surface area (TPSA) is 76.6 Å². The Morgan fingerprint density at radius 1 is 1.15 bits per heavy atom. The number of hydrogen-bond acceptors (Lipinski definition) is 6. The van der Waals surface area contributed by atoms with Gasteiger partial charge < -0.3 is 14.8 Å². The molecule has 0 bridgehead atoms. The normalized spacial score (nSPS) is 14.1. The molecular weight excluding hydrogens is 440 g/mol. The quantitative estimate of drug-likeness (QED) is 0.521. The Labute approximate surface area is 198 Å². The van der Waals surface area contributed by atoms with Crippen LogP contribution >= 0.6 is 11.6 Å². The molecule has 0 atom stereocenters. The summed E-state index contributed by atoms with van der Waals surface area (Å²) in [7, 11) is 0. The molecule has 0 unspecified atom stereocenters. The number of amides is 1. The minimum Gasteiger partial charge on any atom is -0.483 e. The number of rotatable bonds is 9. The zero-order valence-electron chi connectivity index (χ0n) is 18.4. The summed E-state index contributed by atoms with van der Waals surface area (Å²) in [6, 6.07) is 13.5. The van der Waals surface area contributed by atoms with E-state index in [0.29, 0.717) is 30.3 Å². The third-order valence-electron chi connectivity index (χ3n) is 5.40. The molecule has 1 amide bonds. The van der Waals surface area contributed by atoms with Crippen LogP contribution in [0.3, 0.4) is 0 Å². The van der Waals surface area contributed by atoms with Crippen LogP contribution in [-0.4, -0.2) is 60.2 Å². The molecule has 1 aromatic heterocycles. The van der Waals surface area contributed by atoms with Crippen molar-refractivity contribution in [1.29, 1.82) is 0 Å². The number of morpholine rings is 1. The van der Waals surface area contributed by atoms with E-state index >= 15 is 0 Å². The van der Waals surface area contributed by atoms with Crippen molar-refractivity contribution in [1.82, 2.24) is 20.2 Å². The van der Waals surface area contributed by atoms with Crippen LogP contribution in [0.1, 0.15) is 11.1 Å². The molecule has 1 saturated heterocycles. The van der Waals surface area contributed by atoms with Crippen molar-refractivity contribution in [3.8, 4) is 17.0 Å². The summed E-state index contributed by atoms with van der Waals surface area (Å²) >= 11 is 6.01. The van der Waals surface area contributed by atoms with E-state index in [4.69, 9.17) is 21.1 Å². The van der Waals surface area contributed by atoms with Gasteiger partial charge in [-0.15, -0.1) is 0 Å². The SMILES string of the molecule is O=C(COc1ccc(-c2cnccn2)cc1CN1CCOCC1)NCCc1cccc(Cl)c1. The van der Waals surface area contributed by atoms with Crippen molar-refractivity contribution in [2.45, 2.75) is 13.0 Å². The maximum absolute atomic E-state index is 12.4. The first-order valence-electron chi connectivity index (χ1n) is 11.0. The number of nitrogens with one attached hydrogen (secondary N) is 1. The van der Waals surface area contributed by atoms with E-state index < -0.39 is 0 Å². The Balaban J connectivity index is 1.38. The summed E-state index contributed by atoms with van der Waals surface area (Å²) in [5.74, 6) is 0.534. The van der Waals surface area contributed by atoms with Gasteiger partial charge in [-0.2, -0.15) is 0 Å². The van der Waals surface area contributed by atoms with Crippen molar-refractivity contribution < 1.29 is 14.3 Å². The van der Waals surface area contributed by atoms with Gasteiger partial charge in [0.2, 0.25) is 0 Å². The lowest BCUT2D eigenvalue weighted by Gasteiger charge is -2.27. The number of carbonyl (C=O) groups excluding carboxylic acids is 1. The Morgan fingerprint density at radius 2 is 2.03 bits per heavy atom. The van der Waals surface area contributed by atoms with Crippen molar-refractivity contribution in [3.63, 3.8) is 0 Å². The second-order valence-electron chi connectivity index (χ2n) is 7.82. The lowest BCUT2D eigenvalue weighted by molar-refractivity contribution is -0.123. The molecule has 0 spiro atoms. The highest BCUT2D eigenvalue weighted by Crippen LogP contribution is 2.27. The summed E-state index contributed by atoms with van der Waals surface area (Å²) in [6.45, 7) is 4.34. The molecule has 1 aliphatic rings. The zero-order valence-corrected chi connectivity index (χ0v) is 19.1. The highest BCUT2D eigenvalue weighted by Gasteiger charge is 2.16. The molecule has 2 aromatic carbocycles. The Bertz CT molecular complexity index is 1060. The fraction of sp³-hybridized carbons (Fsp3) is 0.320. The third-order valence-corrected chi connectivity index (χ3v) is 5.64. The number of halogens is 1.